The Morgan fingerprint density at radius 2 is 1.73 bits per heavy atom. The number of hydrogen-bond donors (Lipinski definition) is 3. The number of amides is 2. The van der Waals surface area contributed by atoms with Crippen LogP contribution in [-0.2, 0) is 20.9 Å². The maximum absolute atomic E-state index is 13.9. The van der Waals surface area contributed by atoms with Crippen LogP contribution in [-0.4, -0.2) is 79.8 Å². The van der Waals surface area contributed by atoms with E-state index in [0.29, 0.717) is 25.3 Å². The van der Waals surface area contributed by atoms with Crippen LogP contribution < -0.4 is 10.6 Å². The van der Waals surface area contributed by atoms with Gasteiger partial charge in [0.15, 0.2) is 5.82 Å². The summed E-state index contributed by atoms with van der Waals surface area (Å²) in [6, 6.07) is 9.01. The molecule has 1 aromatic carbocycles. The van der Waals surface area contributed by atoms with E-state index in [9.17, 15) is 22.8 Å². The van der Waals surface area contributed by atoms with Crippen molar-refractivity contribution in [3.05, 3.63) is 41.7 Å². The molecule has 2 heterocycles. The summed E-state index contributed by atoms with van der Waals surface area (Å²) < 4.78 is 31.7. The largest absolute Gasteiger partial charge is 0.490 e. The fourth-order valence-corrected chi connectivity index (χ4v) is 5.30. The minimum Gasteiger partial charge on any atom is -0.475 e. The Bertz CT molecular complexity index is 1140. The van der Waals surface area contributed by atoms with Gasteiger partial charge in [-0.2, -0.15) is 18.0 Å². The molecular formula is C27H38F3N7O4. The summed E-state index contributed by atoms with van der Waals surface area (Å²) in [4.78, 5) is 39.2. The van der Waals surface area contributed by atoms with Crippen LogP contribution in [0.25, 0.3) is 0 Å². The molecule has 0 radical (unpaired) electrons. The zero-order valence-electron chi connectivity index (χ0n) is 23.3. The number of carbonyl (C=O) groups excluding carboxylic acids is 2. The number of carbonyl (C=O) groups is 3. The second kappa shape index (κ2) is 14.9. The second-order valence-corrected chi connectivity index (χ2v) is 10.3. The average Bonchev–Trinajstić information content (AvgIpc) is 3.63. The summed E-state index contributed by atoms with van der Waals surface area (Å²) in [5, 5.41) is 26.5. The highest BCUT2D eigenvalue weighted by Crippen LogP contribution is 2.33. The van der Waals surface area contributed by atoms with E-state index in [0.717, 1.165) is 44.1 Å². The number of halogens is 3. The molecule has 3 N–H and O–H groups in total. The lowest BCUT2D eigenvalue weighted by molar-refractivity contribution is -0.192. The highest BCUT2D eigenvalue weighted by atomic mass is 19.4. The number of likely N-dealkylation sites (tertiary alicyclic amines) is 1. The monoisotopic (exact) mass is 581 g/mol. The number of nitrogens with zero attached hydrogens (tertiary/aromatic N) is 5. The van der Waals surface area contributed by atoms with Gasteiger partial charge < -0.3 is 20.6 Å². The highest BCUT2D eigenvalue weighted by molar-refractivity contribution is 5.90. The van der Waals surface area contributed by atoms with Gasteiger partial charge in [0, 0.05) is 6.54 Å². The lowest BCUT2D eigenvalue weighted by atomic mass is 9.83. The summed E-state index contributed by atoms with van der Waals surface area (Å²) in [5.74, 6) is -2.11. The second-order valence-electron chi connectivity index (χ2n) is 10.3. The Labute approximate surface area is 236 Å². The molecular weight excluding hydrogens is 543 g/mol. The van der Waals surface area contributed by atoms with Crippen molar-refractivity contribution in [1.82, 2.24) is 35.7 Å². The fraction of sp³-hybridized carbons (Fsp3) is 0.630. The molecule has 11 nitrogen and oxygen atoms in total. The van der Waals surface area contributed by atoms with Gasteiger partial charge >= 0.3 is 12.1 Å². The molecule has 1 aromatic heterocycles. The van der Waals surface area contributed by atoms with Crippen LogP contribution in [0.4, 0.5) is 13.2 Å². The summed E-state index contributed by atoms with van der Waals surface area (Å²) in [5.41, 5.74) is 1.10. The number of carboxylic acid groups (broad SMARTS) is 1. The van der Waals surface area contributed by atoms with Crippen molar-refractivity contribution in [3.63, 3.8) is 0 Å². The van der Waals surface area contributed by atoms with E-state index >= 15 is 0 Å². The lowest BCUT2D eigenvalue weighted by Gasteiger charge is -2.35. The summed E-state index contributed by atoms with van der Waals surface area (Å²) >= 11 is 0. The van der Waals surface area contributed by atoms with E-state index in [-0.39, 0.29) is 29.8 Å². The van der Waals surface area contributed by atoms with Gasteiger partial charge in [0.2, 0.25) is 11.8 Å². The molecule has 1 saturated heterocycles. The van der Waals surface area contributed by atoms with Gasteiger partial charge in [0.25, 0.3) is 0 Å². The topological polar surface area (TPSA) is 142 Å². The Kier molecular flexibility index (Phi) is 11.6. The van der Waals surface area contributed by atoms with E-state index in [1.807, 2.05) is 42.2 Å². The van der Waals surface area contributed by atoms with Crippen molar-refractivity contribution in [2.75, 3.05) is 13.6 Å². The number of nitrogens with one attached hydrogen (secondary N) is 2. The Morgan fingerprint density at radius 3 is 2.32 bits per heavy atom. The maximum Gasteiger partial charge on any atom is 0.490 e. The Hall–Kier alpha value is -3.55. The van der Waals surface area contributed by atoms with Gasteiger partial charge in [0.1, 0.15) is 6.04 Å². The van der Waals surface area contributed by atoms with E-state index in [1.54, 1.807) is 11.8 Å². The molecule has 14 heteroatoms. The van der Waals surface area contributed by atoms with E-state index in [4.69, 9.17) is 9.90 Å². The van der Waals surface area contributed by atoms with Crippen molar-refractivity contribution in [3.8, 4) is 0 Å². The molecule has 0 spiro atoms. The number of aromatic nitrogens is 4. The van der Waals surface area contributed by atoms with Gasteiger partial charge in [-0.25, -0.2) is 4.79 Å². The number of tetrazole rings is 1. The number of alkyl halides is 3. The average molecular weight is 582 g/mol. The van der Waals surface area contributed by atoms with Gasteiger partial charge in [-0.3, -0.25) is 9.59 Å². The molecule has 2 aliphatic rings. The van der Waals surface area contributed by atoms with Crippen LogP contribution in [0.2, 0.25) is 0 Å². The Balaban J connectivity index is 0.000000587. The summed E-state index contributed by atoms with van der Waals surface area (Å²) in [6.45, 7) is 3.16. The highest BCUT2D eigenvalue weighted by Gasteiger charge is 2.41. The first-order valence-corrected chi connectivity index (χ1v) is 13.9. The molecule has 4 rings (SSSR count). The van der Waals surface area contributed by atoms with Crippen molar-refractivity contribution in [2.45, 2.75) is 89.1 Å². The number of rotatable bonds is 9. The number of aliphatic carboxylic acids is 1. The van der Waals surface area contributed by atoms with E-state index in [2.05, 4.69) is 26.0 Å². The third-order valence-electron chi connectivity index (χ3n) is 7.47. The zero-order valence-corrected chi connectivity index (χ0v) is 23.3. The minimum atomic E-state index is -5.08. The number of likely N-dealkylation sites (N-methyl/N-ethyl adjacent to an activating group) is 1. The third-order valence-corrected chi connectivity index (χ3v) is 7.47. The quantitative estimate of drug-likeness (QED) is 0.410. The number of carboxylic acids is 1. The Morgan fingerprint density at radius 1 is 1.07 bits per heavy atom. The summed E-state index contributed by atoms with van der Waals surface area (Å²) in [6.07, 6.45) is 2.63. The van der Waals surface area contributed by atoms with Crippen molar-refractivity contribution >= 4 is 17.8 Å². The molecule has 1 saturated carbocycles. The van der Waals surface area contributed by atoms with Gasteiger partial charge in [-0.15, -0.1) is 10.2 Å². The van der Waals surface area contributed by atoms with Crippen LogP contribution in [0.15, 0.2) is 30.3 Å². The first kappa shape index (κ1) is 32.0. The zero-order chi connectivity index (χ0) is 30.0. The minimum absolute atomic E-state index is 0.00637. The first-order valence-electron chi connectivity index (χ1n) is 13.9. The molecule has 226 valence electrons. The molecule has 0 bridgehead atoms. The smallest absolute Gasteiger partial charge is 0.475 e. The molecule has 2 fully saturated rings. The fourth-order valence-electron chi connectivity index (χ4n) is 5.30. The van der Waals surface area contributed by atoms with Gasteiger partial charge in [-0.1, -0.05) is 56.5 Å². The van der Waals surface area contributed by atoms with Crippen molar-refractivity contribution in [1.29, 1.82) is 0 Å². The molecule has 2 amide bonds. The van der Waals surface area contributed by atoms with Crippen LogP contribution in [0.5, 0.6) is 0 Å². The molecule has 41 heavy (non-hydrogen) atoms. The maximum atomic E-state index is 13.9. The summed E-state index contributed by atoms with van der Waals surface area (Å²) in [7, 11) is 1.78. The molecule has 2 aromatic rings. The number of hydrogen-bond acceptors (Lipinski definition) is 7. The van der Waals surface area contributed by atoms with Crippen molar-refractivity contribution < 1.29 is 32.7 Å². The molecule has 1 unspecified atom stereocenters. The van der Waals surface area contributed by atoms with Gasteiger partial charge in [-0.05, 0) is 55.8 Å². The van der Waals surface area contributed by atoms with Crippen LogP contribution >= 0.6 is 0 Å². The van der Waals surface area contributed by atoms with Crippen LogP contribution in [0.1, 0.15) is 75.7 Å². The molecule has 3 atom stereocenters. The predicted octanol–water partition coefficient (Wildman–Crippen LogP) is 3.08. The van der Waals surface area contributed by atoms with Gasteiger partial charge in [0.05, 0.1) is 18.6 Å². The standard InChI is InChI=1S/C25H37N7O2.C2HF3O2/c1-3-20(26-2)24(33)27-22(19-13-8-5-9-14-19)25(34)31-16-10-15-21(31)23-28-30-32(29-23)17-18-11-6-4-7-12-18;3-2(4,5)1(6)7/h4,6-7,11-12,19-22,26H,3,5,8-10,13-17H2,1-2H3,(H,27,33);(H,6,7)/t20-,21-,22?;/m0./s1. The van der Waals surface area contributed by atoms with Crippen molar-refractivity contribution in [2.24, 2.45) is 5.92 Å². The van der Waals surface area contributed by atoms with E-state index < -0.39 is 18.2 Å². The molecule has 1 aliphatic heterocycles. The normalized spacial score (nSPS) is 19.1. The molecule has 1 aliphatic carbocycles. The lowest BCUT2D eigenvalue weighted by Crippen LogP contribution is -2.56. The first-order chi connectivity index (χ1) is 19.5. The number of benzene rings is 1. The van der Waals surface area contributed by atoms with Crippen LogP contribution in [0.3, 0.4) is 0 Å². The predicted molar refractivity (Wildman–Crippen MR) is 142 cm³/mol. The third kappa shape index (κ3) is 8.97. The SMILES string of the molecule is CC[C@H](NC)C(=O)NC(C(=O)N1CCC[C@H]1c1nnn(Cc2ccccc2)n1)C1CCCCC1.O=C(O)C(F)(F)F. The van der Waals surface area contributed by atoms with E-state index in [1.165, 1.54) is 6.42 Å². The van der Waals surface area contributed by atoms with Crippen LogP contribution in [0, 0.1) is 5.92 Å².